The minimum atomic E-state index is -0.283. The summed E-state index contributed by atoms with van der Waals surface area (Å²) in [6.45, 7) is 0. The SMILES string of the molecule is COC1CCC(O)C(C=Nc2ccccc2)C1. The van der Waals surface area contributed by atoms with Crippen LogP contribution in [0.1, 0.15) is 19.3 Å². The summed E-state index contributed by atoms with van der Waals surface area (Å²) in [5.74, 6) is 0.105. The number of hydrogen-bond donors (Lipinski definition) is 1. The quantitative estimate of drug-likeness (QED) is 0.815. The lowest BCUT2D eigenvalue weighted by Crippen LogP contribution is -2.33. The molecule has 0 aliphatic heterocycles. The number of ether oxygens (including phenoxy) is 1. The number of benzene rings is 1. The van der Waals surface area contributed by atoms with Crippen molar-refractivity contribution in [1.29, 1.82) is 0 Å². The first-order chi connectivity index (χ1) is 8.29. The Balaban J connectivity index is 1.99. The summed E-state index contributed by atoms with van der Waals surface area (Å²) in [5.41, 5.74) is 0.930. The van der Waals surface area contributed by atoms with Gasteiger partial charge in [-0.25, -0.2) is 0 Å². The number of aliphatic hydroxyl groups excluding tert-OH is 1. The predicted octanol–water partition coefficient (Wildman–Crippen LogP) is 2.56. The van der Waals surface area contributed by atoms with Gasteiger partial charge in [-0.05, 0) is 31.4 Å². The summed E-state index contributed by atoms with van der Waals surface area (Å²) in [5, 5.41) is 9.91. The molecule has 17 heavy (non-hydrogen) atoms. The van der Waals surface area contributed by atoms with E-state index in [0.717, 1.165) is 24.9 Å². The Bertz CT molecular complexity index is 364. The molecule has 3 atom stereocenters. The first-order valence-electron chi connectivity index (χ1n) is 6.09. The van der Waals surface area contributed by atoms with Crippen LogP contribution in [0.2, 0.25) is 0 Å². The van der Waals surface area contributed by atoms with Gasteiger partial charge in [0.05, 0.1) is 17.9 Å². The van der Waals surface area contributed by atoms with E-state index in [9.17, 15) is 5.11 Å². The van der Waals surface area contributed by atoms with E-state index in [1.54, 1.807) is 7.11 Å². The molecule has 3 nitrogen and oxygen atoms in total. The topological polar surface area (TPSA) is 41.8 Å². The second kappa shape index (κ2) is 5.94. The minimum Gasteiger partial charge on any atom is -0.392 e. The predicted molar refractivity (Wildman–Crippen MR) is 68.7 cm³/mol. The number of para-hydroxylation sites is 1. The van der Waals surface area contributed by atoms with Gasteiger partial charge in [0.25, 0.3) is 0 Å². The molecule has 1 aromatic rings. The standard InChI is InChI=1S/C14H19NO2/c1-17-13-7-8-14(16)11(9-13)10-15-12-5-3-2-4-6-12/h2-6,10-11,13-14,16H,7-9H2,1H3. The van der Waals surface area contributed by atoms with Gasteiger partial charge >= 0.3 is 0 Å². The minimum absolute atomic E-state index is 0.105. The van der Waals surface area contributed by atoms with Crippen LogP contribution in [0.3, 0.4) is 0 Å². The summed E-state index contributed by atoms with van der Waals surface area (Å²) in [6.07, 6.45) is 4.43. The van der Waals surface area contributed by atoms with E-state index in [0.29, 0.717) is 0 Å². The molecule has 0 heterocycles. The van der Waals surface area contributed by atoms with Crippen molar-refractivity contribution in [3.8, 4) is 0 Å². The van der Waals surface area contributed by atoms with Crippen molar-refractivity contribution in [2.45, 2.75) is 31.5 Å². The highest BCUT2D eigenvalue weighted by atomic mass is 16.5. The molecule has 0 amide bonds. The maximum absolute atomic E-state index is 9.91. The van der Waals surface area contributed by atoms with Gasteiger partial charge in [0, 0.05) is 19.2 Å². The third kappa shape index (κ3) is 3.38. The molecule has 1 fully saturated rings. The molecule has 2 rings (SSSR count). The summed E-state index contributed by atoms with van der Waals surface area (Å²) in [7, 11) is 1.73. The summed E-state index contributed by atoms with van der Waals surface area (Å²) < 4.78 is 5.35. The Morgan fingerprint density at radius 1 is 1.29 bits per heavy atom. The van der Waals surface area contributed by atoms with E-state index in [4.69, 9.17) is 4.74 Å². The number of aliphatic imine (C=N–C) groups is 1. The Morgan fingerprint density at radius 2 is 2.06 bits per heavy atom. The van der Waals surface area contributed by atoms with Crippen molar-refractivity contribution < 1.29 is 9.84 Å². The normalized spacial score (nSPS) is 29.6. The van der Waals surface area contributed by atoms with Gasteiger partial charge in [-0.2, -0.15) is 0 Å². The van der Waals surface area contributed by atoms with Crippen molar-refractivity contribution in [2.75, 3.05) is 7.11 Å². The lowest BCUT2D eigenvalue weighted by Gasteiger charge is -2.30. The molecule has 1 N–H and O–H groups in total. The Morgan fingerprint density at radius 3 is 2.76 bits per heavy atom. The number of aliphatic hydroxyl groups is 1. The maximum atomic E-state index is 9.91. The monoisotopic (exact) mass is 233 g/mol. The van der Waals surface area contributed by atoms with E-state index < -0.39 is 0 Å². The van der Waals surface area contributed by atoms with Crippen LogP contribution in [-0.4, -0.2) is 30.6 Å². The zero-order valence-corrected chi connectivity index (χ0v) is 10.1. The average Bonchev–Trinajstić information content (AvgIpc) is 2.39. The van der Waals surface area contributed by atoms with Crippen molar-refractivity contribution in [1.82, 2.24) is 0 Å². The molecule has 1 aromatic carbocycles. The molecule has 1 saturated carbocycles. The Kier molecular flexibility index (Phi) is 4.29. The molecule has 0 bridgehead atoms. The third-order valence-electron chi connectivity index (χ3n) is 3.32. The van der Waals surface area contributed by atoms with E-state index in [1.807, 2.05) is 36.5 Å². The highest BCUT2D eigenvalue weighted by molar-refractivity contribution is 5.66. The van der Waals surface area contributed by atoms with Crippen molar-refractivity contribution in [3.05, 3.63) is 30.3 Å². The molecule has 1 aliphatic carbocycles. The summed E-state index contributed by atoms with van der Waals surface area (Å²) in [6, 6.07) is 9.80. The second-order valence-electron chi connectivity index (χ2n) is 4.52. The number of nitrogens with zero attached hydrogens (tertiary/aromatic N) is 1. The van der Waals surface area contributed by atoms with E-state index in [2.05, 4.69) is 4.99 Å². The van der Waals surface area contributed by atoms with E-state index >= 15 is 0 Å². The Hall–Kier alpha value is -1.19. The van der Waals surface area contributed by atoms with Crippen molar-refractivity contribution in [3.63, 3.8) is 0 Å². The first kappa shape index (κ1) is 12.3. The number of methoxy groups -OCH3 is 1. The molecular formula is C14H19NO2. The molecule has 0 radical (unpaired) electrons. The highest BCUT2D eigenvalue weighted by Crippen LogP contribution is 2.26. The zero-order valence-electron chi connectivity index (χ0n) is 10.1. The van der Waals surface area contributed by atoms with Crippen LogP contribution in [0.15, 0.2) is 35.3 Å². The zero-order chi connectivity index (χ0) is 12.1. The fourth-order valence-electron chi connectivity index (χ4n) is 2.22. The van der Waals surface area contributed by atoms with Crippen LogP contribution < -0.4 is 0 Å². The smallest absolute Gasteiger partial charge is 0.0625 e. The van der Waals surface area contributed by atoms with Crippen molar-refractivity contribution in [2.24, 2.45) is 10.9 Å². The molecular weight excluding hydrogens is 214 g/mol. The molecule has 0 saturated heterocycles. The van der Waals surface area contributed by atoms with E-state index in [-0.39, 0.29) is 18.1 Å². The number of rotatable bonds is 3. The molecule has 92 valence electrons. The summed E-state index contributed by atoms with van der Waals surface area (Å²) in [4.78, 5) is 4.41. The average molecular weight is 233 g/mol. The molecule has 0 aromatic heterocycles. The highest BCUT2D eigenvalue weighted by Gasteiger charge is 2.27. The summed E-state index contributed by atoms with van der Waals surface area (Å²) >= 11 is 0. The first-order valence-corrected chi connectivity index (χ1v) is 6.09. The molecule has 1 aliphatic rings. The maximum Gasteiger partial charge on any atom is 0.0625 e. The van der Waals surface area contributed by atoms with Gasteiger partial charge in [0.1, 0.15) is 0 Å². The van der Waals surface area contributed by atoms with E-state index in [1.165, 1.54) is 0 Å². The van der Waals surface area contributed by atoms with Gasteiger partial charge in [-0.15, -0.1) is 0 Å². The van der Waals surface area contributed by atoms with Gasteiger partial charge < -0.3 is 9.84 Å². The lowest BCUT2D eigenvalue weighted by atomic mass is 9.85. The van der Waals surface area contributed by atoms with Crippen LogP contribution >= 0.6 is 0 Å². The second-order valence-corrected chi connectivity index (χ2v) is 4.52. The third-order valence-corrected chi connectivity index (χ3v) is 3.32. The molecule has 0 spiro atoms. The van der Waals surface area contributed by atoms with Crippen LogP contribution in [0, 0.1) is 5.92 Å². The lowest BCUT2D eigenvalue weighted by molar-refractivity contribution is 0.00748. The van der Waals surface area contributed by atoms with Gasteiger partial charge in [0.15, 0.2) is 0 Å². The molecule has 3 unspecified atom stereocenters. The van der Waals surface area contributed by atoms with Crippen LogP contribution in [0.25, 0.3) is 0 Å². The molecule has 3 heteroatoms. The Labute approximate surface area is 102 Å². The van der Waals surface area contributed by atoms with Crippen LogP contribution in [-0.2, 0) is 4.74 Å². The fourth-order valence-corrected chi connectivity index (χ4v) is 2.22. The van der Waals surface area contributed by atoms with Gasteiger partial charge in [-0.1, -0.05) is 18.2 Å². The largest absolute Gasteiger partial charge is 0.392 e. The van der Waals surface area contributed by atoms with Gasteiger partial charge in [-0.3, -0.25) is 4.99 Å². The van der Waals surface area contributed by atoms with Crippen molar-refractivity contribution >= 4 is 11.9 Å². The van der Waals surface area contributed by atoms with Gasteiger partial charge in [0.2, 0.25) is 0 Å². The van der Waals surface area contributed by atoms with Crippen LogP contribution in [0.5, 0.6) is 0 Å². The number of hydrogen-bond acceptors (Lipinski definition) is 3. The fraction of sp³-hybridized carbons (Fsp3) is 0.500. The van der Waals surface area contributed by atoms with Crippen LogP contribution in [0.4, 0.5) is 5.69 Å².